The largest absolute Gasteiger partial charge is 0.462 e. The van der Waals surface area contributed by atoms with Gasteiger partial charge in [0, 0.05) is 23.0 Å². The molecule has 1 fully saturated rings. The summed E-state index contributed by atoms with van der Waals surface area (Å²) >= 11 is 0. The van der Waals surface area contributed by atoms with Gasteiger partial charge in [0.25, 0.3) is 5.91 Å². The molecule has 3 N–H and O–H groups in total. The number of hydrogen-bond acceptors (Lipinski definition) is 4. The van der Waals surface area contributed by atoms with Gasteiger partial charge in [0.05, 0.1) is 12.2 Å². The van der Waals surface area contributed by atoms with Crippen LogP contribution in [0.3, 0.4) is 0 Å². The summed E-state index contributed by atoms with van der Waals surface area (Å²) in [5.74, 6) is -0.618. The first-order valence-corrected chi connectivity index (χ1v) is 8.99. The third-order valence-corrected chi connectivity index (χ3v) is 4.50. The van der Waals surface area contributed by atoms with E-state index in [9.17, 15) is 14.4 Å². The Morgan fingerprint density at radius 2 is 1.67 bits per heavy atom. The van der Waals surface area contributed by atoms with Crippen molar-refractivity contribution in [3.05, 3.63) is 46.8 Å². The summed E-state index contributed by atoms with van der Waals surface area (Å²) < 4.78 is 5.04. The van der Waals surface area contributed by atoms with E-state index in [0.717, 1.165) is 12.8 Å². The Kier molecular flexibility index (Phi) is 5.30. The van der Waals surface area contributed by atoms with Crippen molar-refractivity contribution in [3.8, 4) is 0 Å². The van der Waals surface area contributed by atoms with Gasteiger partial charge in [0.1, 0.15) is 5.69 Å². The lowest BCUT2D eigenvalue weighted by molar-refractivity contribution is -0.117. The third kappa shape index (κ3) is 4.19. The Morgan fingerprint density at radius 3 is 2.22 bits per heavy atom. The number of aryl methyl sites for hydroxylation is 1. The number of carbonyl (C=O) groups is 3. The van der Waals surface area contributed by atoms with Crippen LogP contribution in [0.15, 0.2) is 24.3 Å². The highest BCUT2D eigenvalue weighted by Gasteiger charge is 2.29. The van der Waals surface area contributed by atoms with Crippen LogP contribution in [0.4, 0.5) is 11.4 Å². The first kappa shape index (κ1) is 18.7. The average molecular weight is 369 g/mol. The fourth-order valence-electron chi connectivity index (χ4n) is 2.91. The number of hydrogen-bond donors (Lipinski definition) is 3. The van der Waals surface area contributed by atoms with Crippen molar-refractivity contribution in [2.75, 3.05) is 17.2 Å². The van der Waals surface area contributed by atoms with E-state index >= 15 is 0 Å². The molecule has 1 saturated carbocycles. The van der Waals surface area contributed by atoms with Crippen molar-refractivity contribution >= 4 is 29.2 Å². The standard InChI is InChI=1S/C20H23N3O4/c1-4-27-20(26)16-11(2)17(21-12(16)3)19(25)23-15-9-7-14(8-10-15)22-18(24)13-5-6-13/h7-10,13,21H,4-6H2,1-3H3,(H,22,24)(H,23,25). The van der Waals surface area contributed by atoms with Crippen molar-refractivity contribution in [1.82, 2.24) is 4.98 Å². The Labute approximate surface area is 157 Å². The molecule has 1 aliphatic rings. The van der Waals surface area contributed by atoms with Crippen LogP contribution < -0.4 is 10.6 Å². The van der Waals surface area contributed by atoms with Crippen LogP contribution in [-0.2, 0) is 9.53 Å². The number of H-pyrrole nitrogens is 1. The zero-order chi connectivity index (χ0) is 19.6. The zero-order valence-electron chi connectivity index (χ0n) is 15.6. The van der Waals surface area contributed by atoms with Gasteiger partial charge in [-0.15, -0.1) is 0 Å². The minimum absolute atomic E-state index is 0.0377. The maximum atomic E-state index is 12.6. The van der Waals surface area contributed by atoms with Gasteiger partial charge in [-0.05, 0) is 63.4 Å². The first-order chi connectivity index (χ1) is 12.9. The summed E-state index contributed by atoms with van der Waals surface area (Å²) in [5.41, 5.74) is 3.14. The van der Waals surface area contributed by atoms with Crippen molar-refractivity contribution in [2.45, 2.75) is 33.6 Å². The molecule has 0 atom stereocenters. The number of esters is 1. The lowest BCUT2D eigenvalue weighted by atomic mass is 10.1. The van der Waals surface area contributed by atoms with Crippen LogP contribution in [0.1, 0.15) is 51.9 Å². The fraction of sp³-hybridized carbons (Fsp3) is 0.350. The number of nitrogens with one attached hydrogen (secondary N) is 3. The van der Waals surface area contributed by atoms with Gasteiger partial charge in [0.15, 0.2) is 0 Å². The Hall–Kier alpha value is -3.09. The Balaban J connectivity index is 1.69. The number of carbonyl (C=O) groups excluding carboxylic acids is 3. The van der Waals surface area contributed by atoms with Crippen LogP contribution in [0, 0.1) is 19.8 Å². The summed E-state index contributed by atoms with van der Waals surface area (Å²) in [6.45, 7) is 5.45. The molecule has 0 bridgehead atoms. The molecule has 1 heterocycles. The number of ether oxygens (including phenoxy) is 1. The van der Waals surface area contributed by atoms with Gasteiger partial charge in [-0.25, -0.2) is 4.79 Å². The predicted octanol–water partition coefficient (Wildman–Crippen LogP) is 3.41. The molecular formula is C20H23N3O4. The number of aromatic nitrogens is 1. The smallest absolute Gasteiger partial charge is 0.340 e. The summed E-state index contributed by atoms with van der Waals surface area (Å²) in [6, 6.07) is 6.93. The van der Waals surface area contributed by atoms with E-state index < -0.39 is 5.97 Å². The van der Waals surface area contributed by atoms with E-state index in [-0.39, 0.29) is 24.3 Å². The lowest BCUT2D eigenvalue weighted by Crippen LogP contribution is -2.15. The van der Waals surface area contributed by atoms with E-state index in [1.54, 1.807) is 45.0 Å². The Morgan fingerprint density at radius 1 is 1.07 bits per heavy atom. The van der Waals surface area contributed by atoms with Gasteiger partial charge in [-0.3, -0.25) is 9.59 Å². The van der Waals surface area contributed by atoms with Crippen molar-refractivity contribution < 1.29 is 19.1 Å². The molecule has 0 saturated heterocycles. The molecular weight excluding hydrogens is 346 g/mol. The van der Waals surface area contributed by atoms with E-state index in [2.05, 4.69) is 15.6 Å². The second kappa shape index (κ2) is 7.65. The minimum Gasteiger partial charge on any atom is -0.462 e. The molecule has 3 rings (SSSR count). The molecule has 2 amide bonds. The van der Waals surface area contributed by atoms with Crippen molar-refractivity contribution in [2.24, 2.45) is 5.92 Å². The molecule has 27 heavy (non-hydrogen) atoms. The van der Waals surface area contributed by atoms with Gasteiger partial charge in [0.2, 0.25) is 5.91 Å². The van der Waals surface area contributed by atoms with E-state index in [4.69, 9.17) is 4.74 Å². The maximum absolute atomic E-state index is 12.6. The van der Waals surface area contributed by atoms with Crippen molar-refractivity contribution in [3.63, 3.8) is 0 Å². The maximum Gasteiger partial charge on any atom is 0.340 e. The normalized spacial score (nSPS) is 13.1. The molecule has 7 heteroatoms. The molecule has 0 unspecified atom stereocenters. The number of amides is 2. The van der Waals surface area contributed by atoms with Gasteiger partial charge in [-0.2, -0.15) is 0 Å². The van der Waals surface area contributed by atoms with Crippen LogP contribution in [0.25, 0.3) is 0 Å². The molecule has 0 aliphatic heterocycles. The van der Waals surface area contributed by atoms with Crippen molar-refractivity contribution in [1.29, 1.82) is 0 Å². The van der Waals surface area contributed by atoms with Crippen LogP contribution >= 0.6 is 0 Å². The fourth-order valence-corrected chi connectivity index (χ4v) is 2.91. The van der Waals surface area contributed by atoms with Gasteiger partial charge < -0.3 is 20.4 Å². The molecule has 1 aliphatic carbocycles. The summed E-state index contributed by atoms with van der Waals surface area (Å²) in [7, 11) is 0. The van der Waals surface area contributed by atoms with Crippen LogP contribution in [0.2, 0.25) is 0 Å². The highest BCUT2D eigenvalue weighted by molar-refractivity contribution is 6.07. The minimum atomic E-state index is -0.446. The highest BCUT2D eigenvalue weighted by Crippen LogP contribution is 2.30. The first-order valence-electron chi connectivity index (χ1n) is 8.99. The molecule has 0 spiro atoms. The number of benzene rings is 1. The molecule has 142 valence electrons. The van der Waals surface area contributed by atoms with Crippen LogP contribution in [-0.4, -0.2) is 29.4 Å². The predicted molar refractivity (Wildman–Crippen MR) is 102 cm³/mol. The highest BCUT2D eigenvalue weighted by atomic mass is 16.5. The van der Waals surface area contributed by atoms with Crippen LogP contribution in [0.5, 0.6) is 0 Å². The van der Waals surface area contributed by atoms with Gasteiger partial charge >= 0.3 is 5.97 Å². The number of rotatable bonds is 6. The summed E-state index contributed by atoms with van der Waals surface area (Å²) in [6.07, 6.45) is 1.89. The Bertz CT molecular complexity index is 879. The lowest BCUT2D eigenvalue weighted by Gasteiger charge is -2.08. The molecule has 7 nitrogen and oxygen atoms in total. The molecule has 2 aromatic rings. The van der Waals surface area contributed by atoms with Gasteiger partial charge in [-0.1, -0.05) is 0 Å². The van der Waals surface area contributed by atoms with E-state index in [0.29, 0.717) is 33.9 Å². The molecule has 1 aromatic carbocycles. The zero-order valence-corrected chi connectivity index (χ0v) is 15.6. The summed E-state index contributed by atoms with van der Waals surface area (Å²) in [5, 5.41) is 5.64. The van der Waals surface area contributed by atoms with E-state index in [1.807, 2.05) is 0 Å². The second-order valence-electron chi connectivity index (χ2n) is 6.64. The monoisotopic (exact) mass is 369 g/mol. The molecule has 0 radical (unpaired) electrons. The average Bonchev–Trinajstić information content (AvgIpc) is 3.42. The van der Waals surface area contributed by atoms with E-state index in [1.165, 1.54) is 0 Å². The molecule has 1 aromatic heterocycles. The third-order valence-electron chi connectivity index (χ3n) is 4.50. The topological polar surface area (TPSA) is 100 Å². The second-order valence-corrected chi connectivity index (χ2v) is 6.64. The number of anilines is 2. The quantitative estimate of drug-likeness (QED) is 0.679. The summed E-state index contributed by atoms with van der Waals surface area (Å²) in [4.78, 5) is 39.4. The SMILES string of the molecule is CCOC(=O)c1c(C)[nH]c(C(=O)Nc2ccc(NC(=O)C3CC3)cc2)c1C. The number of aromatic amines is 1.